The maximum Gasteiger partial charge on any atom is 0.135 e. The first kappa shape index (κ1) is 17.9. The Kier molecular flexibility index (Phi) is 4.72. The predicted molar refractivity (Wildman–Crippen MR) is 112 cm³/mol. The van der Waals surface area contributed by atoms with Gasteiger partial charge in [0.2, 0.25) is 0 Å². The van der Waals surface area contributed by atoms with Crippen LogP contribution in [-0.2, 0) is 13.0 Å². The summed E-state index contributed by atoms with van der Waals surface area (Å²) in [5.74, 6) is 1.97. The Labute approximate surface area is 169 Å². The molecule has 1 fully saturated rings. The fourth-order valence-electron chi connectivity index (χ4n) is 5.27. The quantitative estimate of drug-likeness (QED) is 0.725. The SMILES string of the molecule is CN(Cc1cnccn1)[C@H]1CCCC(C2CCc3sc4ncnc(N)c4c32)C1. The molecule has 0 bridgehead atoms. The highest BCUT2D eigenvalue weighted by Gasteiger charge is 2.37. The van der Waals surface area contributed by atoms with Gasteiger partial charge in [-0.15, -0.1) is 11.3 Å². The van der Waals surface area contributed by atoms with Crippen LogP contribution in [0.1, 0.15) is 54.2 Å². The molecule has 0 amide bonds. The number of hydrogen-bond donors (Lipinski definition) is 1. The molecule has 146 valence electrons. The third-order valence-corrected chi connectivity index (χ3v) is 7.77. The van der Waals surface area contributed by atoms with Gasteiger partial charge >= 0.3 is 0 Å². The van der Waals surface area contributed by atoms with Crippen molar-refractivity contribution in [2.45, 2.75) is 57.0 Å². The number of thiophene rings is 1. The van der Waals surface area contributed by atoms with E-state index in [2.05, 4.69) is 31.9 Å². The second kappa shape index (κ2) is 7.37. The lowest BCUT2D eigenvalue weighted by atomic mass is 9.75. The number of nitrogens with two attached hydrogens (primary N) is 1. The summed E-state index contributed by atoms with van der Waals surface area (Å²) >= 11 is 1.82. The lowest BCUT2D eigenvalue weighted by molar-refractivity contribution is 0.138. The second-order valence-corrected chi connectivity index (χ2v) is 9.30. The molecule has 2 aliphatic rings. The van der Waals surface area contributed by atoms with E-state index >= 15 is 0 Å². The number of aromatic nitrogens is 4. The van der Waals surface area contributed by atoms with Crippen molar-refractivity contribution in [1.82, 2.24) is 24.8 Å². The molecule has 6 nitrogen and oxygen atoms in total. The minimum absolute atomic E-state index is 0.600. The molecule has 3 aromatic heterocycles. The summed E-state index contributed by atoms with van der Waals surface area (Å²) in [5.41, 5.74) is 8.78. The Hall–Kier alpha value is -2.12. The first-order chi connectivity index (χ1) is 13.7. The zero-order chi connectivity index (χ0) is 19.1. The van der Waals surface area contributed by atoms with Crippen LogP contribution >= 0.6 is 11.3 Å². The molecule has 0 spiro atoms. The summed E-state index contributed by atoms with van der Waals surface area (Å²) in [6, 6.07) is 0.600. The molecule has 0 aliphatic heterocycles. The van der Waals surface area contributed by atoms with Gasteiger partial charge in [-0.2, -0.15) is 0 Å². The minimum atomic E-state index is 0.600. The molecule has 0 saturated heterocycles. The van der Waals surface area contributed by atoms with Crippen LogP contribution in [-0.4, -0.2) is 37.9 Å². The Bertz CT molecular complexity index is 972. The van der Waals surface area contributed by atoms with Crippen LogP contribution in [0.2, 0.25) is 0 Å². The van der Waals surface area contributed by atoms with Crippen LogP contribution in [0, 0.1) is 5.92 Å². The van der Waals surface area contributed by atoms with E-state index in [1.807, 2.05) is 17.5 Å². The molecule has 1 saturated carbocycles. The van der Waals surface area contributed by atoms with Crippen molar-refractivity contribution in [1.29, 1.82) is 0 Å². The van der Waals surface area contributed by atoms with Gasteiger partial charge in [-0.05, 0) is 56.6 Å². The first-order valence-corrected chi connectivity index (χ1v) is 11.0. The van der Waals surface area contributed by atoms with Gasteiger partial charge in [0, 0.05) is 36.1 Å². The van der Waals surface area contributed by atoms with Crippen LogP contribution in [0.3, 0.4) is 0 Å². The van der Waals surface area contributed by atoms with Gasteiger partial charge in [-0.25, -0.2) is 9.97 Å². The van der Waals surface area contributed by atoms with Gasteiger partial charge in [0.25, 0.3) is 0 Å². The van der Waals surface area contributed by atoms with E-state index in [1.54, 1.807) is 18.7 Å². The van der Waals surface area contributed by atoms with E-state index in [0.29, 0.717) is 23.7 Å². The van der Waals surface area contributed by atoms with Crippen LogP contribution in [0.15, 0.2) is 24.9 Å². The van der Waals surface area contributed by atoms with Crippen LogP contribution in [0.5, 0.6) is 0 Å². The molecule has 0 radical (unpaired) electrons. The van der Waals surface area contributed by atoms with Crippen LogP contribution < -0.4 is 5.73 Å². The fraction of sp³-hybridized carbons (Fsp3) is 0.524. The van der Waals surface area contributed by atoms with Gasteiger partial charge in [0.1, 0.15) is 17.0 Å². The molecule has 3 heterocycles. The molecular weight excluding hydrogens is 368 g/mol. The molecule has 2 unspecified atom stereocenters. The molecule has 2 aliphatic carbocycles. The maximum atomic E-state index is 6.26. The number of fused-ring (bicyclic) bond motifs is 3. The van der Waals surface area contributed by atoms with Crippen LogP contribution in [0.25, 0.3) is 10.2 Å². The number of rotatable bonds is 4. The Morgan fingerprint density at radius 2 is 2.11 bits per heavy atom. The topological polar surface area (TPSA) is 80.8 Å². The Morgan fingerprint density at radius 3 is 2.96 bits per heavy atom. The number of nitrogens with zero attached hydrogens (tertiary/aromatic N) is 5. The minimum Gasteiger partial charge on any atom is -0.383 e. The molecule has 0 aromatic carbocycles. The monoisotopic (exact) mass is 394 g/mol. The van der Waals surface area contributed by atoms with Crippen molar-refractivity contribution in [3.63, 3.8) is 0 Å². The summed E-state index contributed by atoms with van der Waals surface area (Å²) in [5, 5.41) is 1.14. The molecular formula is C21H26N6S. The van der Waals surface area contributed by atoms with E-state index in [1.165, 1.54) is 42.5 Å². The summed E-state index contributed by atoms with van der Waals surface area (Å²) in [7, 11) is 2.23. The highest BCUT2D eigenvalue weighted by atomic mass is 32.1. The molecule has 3 aromatic rings. The predicted octanol–water partition coefficient (Wildman–Crippen LogP) is 3.78. The molecule has 5 rings (SSSR count). The van der Waals surface area contributed by atoms with Gasteiger partial charge in [0.05, 0.1) is 11.1 Å². The Morgan fingerprint density at radius 1 is 1.18 bits per heavy atom. The maximum absolute atomic E-state index is 6.26. The van der Waals surface area contributed by atoms with Gasteiger partial charge in [-0.3, -0.25) is 14.9 Å². The second-order valence-electron chi connectivity index (χ2n) is 8.22. The van der Waals surface area contributed by atoms with E-state index in [9.17, 15) is 0 Å². The van der Waals surface area contributed by atoms with Gasteiger partial charge in [-0.1, -0.05) is 6.42 Å². The van der Waals surface area contributed by atoms with Crippen molar-refractivity contribution in [2.24, 2.45) is 5.92 Å². The van der Waals surface area contributed by atoms with Gasteiger partial charge in [0.15, 0.2) is 0 Å². The Balaban J connectivity index is 1.36. The number of hydrogen-bond acceptors (Lipinski definition) is 7. The van der Waals surface area contributed by atoms with E-state index in [-0.39, 0.29) is 0 Å². The zero-order valence-electron chi connectivity index (χ0n) is 16.2. The zero-order valence-corrected chi connectivity index (χ0v) is 17.0. The van der Waals surface area contributed by atoms with E-state index in [4.69, 9.17) is 5.73 Å². The van der Waals surface area contributed by atoms with Crippen LogP contribution in [0.4, 0.5) is 5.82 Å². The van der Waals surface area contributed by atoms with Crippen molar-refractivity contribution >= 4 is 27.4 Å². The smallest absolute Gasteiger partial charge is 0.135 e. The fourth-order valence-corrected chi connectivity index (χ4v) is 6.50. The third kappa shape index (κ3) is 3.16. The standard InChI is InChI=1S/C21H26N6S/c1-27(11-14-10-23-7-8-24-14)15-4-2-3-13(9-15)16-5-6-17-18(16)19-20(22)25-12-26-21(19)28-17/h7-8,10,12-13,15-16H,2-6,9,11H2,1H3,(H2,22,25,26)/t13?,15-,16?/m0/s1. The summed E-state index contributed by atoms with van der Waals surface area (Å²) in [6.45, 7) is 0.864. The van der Waals surface area contributed by atoms with Crippen molar-refractivity contribution in [3.05, 3.63) is 41.1 Å². The van der Waals surface area contributed by atoms with Crippen molar-refractivity contribution in [3.8, 4) is 0 Å². The van der Waals surface area contributed by atoms with Crippen molar-refractivity contribution < 1.29 is 0 Å². The third-order valence-electron chi connectivity index (χ3n) is 6.59. The van der Waals surface area contributed by atoms with Gasteiger partial charge < -0.3 is 5.73 Å². The van der Waals surface area contributed by atoms with Crippen molar-refractivity contribution in [2.75, 3.05) is 12.8 Å². The molecule has 3 atom stereocenters. The number of aryl methyl sites for hydroxylation is 1. The van der Waals surface area contributed by atoms with E-state index < -0.39 is 0 Å². The summed E-state index contributed by atoms with van der Waals surface area (Å²) in [6.07, 6.45) is 14.5. The average molecular weight is 395 g/mol. The van der Waals surface area contributed by atoms with E-state index in [0.717, 1.165) is 28.9 Å². The normalized spacial score (nSPS) is 24.7. The first-order valence-electron chi connectivity index (χ1n) is 10.2. The highest BCUT2D eigenvalue weighted by Crippen LogP contribution is 2.50. The lowest BCUT2D eigenvalue weighted by Crippen LogP contribution is -2.37. The molecule has 28 heavy (non-hydrogen) atoms. The summed E-state index contributed by atoms with van der Waals surface area (Å²) in [4.78, 5) is 22.4. The molecule has 7 heteroatoms. The largest absolute Gasteiger partial charge is 0.383 e. The molecule has 2 N–H and O–H groups in total. The highest BCUT2D eigenvalue weighted by molar-refractivity contribution is 7.19. The average Bonchev–Trinajstić information content (AvgIpc) is 3.28. The number of anilines is 1. The lowest BCUT2D eigenvalue weighted by Gasteiger charge is -2.38. The summed E-state index contributed by atoms with van der Waals surface area (Å²) < 4.78 is 0. The number of nitrogen functional groups attached to an aromatic ring is 1.